The fourth-order valence-corrected chi connectivity index (χ4v) is 0.478. The fourth-order valence-electron chi connectivity index (χ4n) is 0.478. The van der Waals surface area contributed by atoms with Crippen molar-refractivity contribution in [2.24, 2.45) is 0 Å². The maximum Gasteiger partial charge on any atom is 0.315 e. The van der Waals surface area contributed by atoms with Crippen LogP contribution in [0.2, 0.25) is 0 Å². The van der Waals surface area contributed by atoms with Crippen LogP contribution in [0, 0.1) is 6.92 Å². The SMILES string of the molecule is Cc1cc(N[C]=O)no1. The molecule has 1 heterocycles. The van der Waals surface area contributed by atoms with Gasteiger partial charge in [0.15, 0.2) is 5.82 Å². The maximum absolute atomic E-state index is 9.67. The van der Waals surface area contributed by atoms with Crippen molar-refractivity contribution in [3.63, 3.8) is 0 Å². The van der Waals surface area contributed by atoms with Crippen LogP contribution in [0.3, 0.4) is 0 Å². The number of amides is 1. The van der Waals surface area contributed by atoms with Gasteiger partial charge in [0.25, 0.3) is 0 Å². The predicted molar refractivity (Wildman–Crippen MR) is 30.6 cm³/mol. The molecule has 0 atom stereocenters. The number of hydrogen-bond donors (Lipinski definition) is 1. The molecule has 4 nitrogen and oxygen atoms in total. The molecule has 0 spiro atoms. The molecule has 1 radical (unpaired) electrons. The number of anilines is 1. The zero-order chi connectivity index (χ0) is 6.69. The van der Waals surface area contributed by atoms with Crippen molar-refractivity contribution in [3.8, 4) is 0 Å². The van der Waals surface area contributed by atoms with Crippen molar-refractivity contribution in [1.82, 2.24) is 5.16 Å². The van der Waals surface area contributed by atoms with Crippen LogP contribution in [-0.4, -0.2) is 11.6 Å². The molecule has 0 saturated carbocycles. The molecule has 1 amide bonds. The van der Waals surface area contributed by atoms with Crippen molar-refractivity contribution in [3.05, 3.63) is 11.8 Å². The van der Waals surface area contributed by atoms with Crippen LogP contribution in [0.5, 0.6) is 0 Å². The second kappa shape index (κ2) is 2.30. The lowest BCUT2D eigenvalue weighted by atomic mass is 10.5. The second-order valence-corrected chi connectivity index (χ2v) is 1.55. The van der Waals surface area contributed by atoms with Gasteiger partial charge in [-0.1, -0.05) is 5.16 Å². The molecule has 1 aromatic heterocycles. The van der Waals surface area contributed by atoms with Crippen LogP contribution in [0.25, 0.3) is 0 Å². The molecule has 1 rings (SSSR count). The number of rotatable bonds is 2. The number of nitrogens with one attached hydrogen (secondary N) is 1. The minimum Gasteiger partial charge on any atom is -0.360 e. The Labute approximate surface area is 51.8 Å². The number of nitrogens with zero attached hydrogens (tertiary/aromatic N) is 1. The van der Waals surface area contributed by atoms with E-state index in [9.17, 15) is 4.79 Å². The van der Waals surface area contributed by atoms with Gasteiger partial charge in [0, 0.05) is 6.07 Å². The number of aryl methyl sites for hydroxylation is 1. The Bertz CT molecular complexity index is 206. The van der Waals surface area contributed by atoms with Crippen molar-refractivity contribution in [1.29, 1.82) is 0 Å². The summed E-state index contributed by atoms with van der Waals surface area (Å²) in [6.45, 7) is 1.74. The molecule has 47 valence electrons. The van der Waals surface area contributed by atoms with Crippen LogP contribution in [0.15, 0.2) is 10.6 Å². The van der Waals surface area contributed by atoms with Gasteiger partial charge in [-0.2, -0.15) is 0 Å². The van der Waals surface area contributed by atoms with E-state index >= 15 is 0 Å². The Morgan fingerprint density at radius 3 is 3.11 bits per heavy atom. The lowest BCUT2D eigenvalue weighted by Gasteiger charge is -1.79. The van der Waals surface area contributed by atoms with Gasteiger partial charge in [0.05, 0.1) is 0 Å². The van der Waals surface area contributed by atoms with E-state index < -0.39 is 0 Å². The maximum atomic E-state index is 9.67. The molecule has 4 heteroatoms. The Morgan fingerprint density at radius 2 is 2.67 bits per heavy atom. The van der Waals surface area contributed by atoms with Crippen LogP contribution in [0.1, 0.15) is 5.76 Å². The molecular weight excluding hydrogens is 120 g/mol. The highest BCUT2D eigenvalue weighted by atomic mass is 16.5. The van der Waals surface area contributed by atoms with E-state index in [0.29, 0.717) is 11.6 Å². The van der Waals surface area contributed by atoms with Crippen molar-refractivity contribution in [2.75, 3.05) is 5.32 Å². The van der Waals surface area contributed by atoms with Gasteiger partial charge in [-0.15, -0.1) is 0 Å². The lowest BCUT2D eigenvalue weighted by molar-refractivity contribution is 0.400. The third kappa shape index (κ3) is 1.28. The molecule has 0 bridgehead atoms. The summed E-state index contributed by atoms with van der Waals surface area (Å²) in [5, 5.41) is 5.67. The average molecular weight is 125 g/mol. The Morgan fingerprint density at radius 1 is 1.89 bits per heavy atom. The van der Waals surface area contributed by atoms with Crippen LogP contribution in [-0.2, 0) is 4.79 Å². The molecule has 0 saturated heterocycles. The summed E-state index contributed by atoms with van der Waals surface area (Å²) in [5.74, 6) is 1.05. The quantitative estimate of drug-likeness (QED) is 0.584. The summed E-state index contributed by atoms with van der Waals surface area (Å²) >= 11 is 0. The molecule has 1 N–H and O–H groups in total. The van der Waals surface area contributed by atoms with E-state index in [1.807, 2.05) is 0 Å². The first-order valence-corrected chi connectivity index (χ1v) is 2.39. The summed E-state index contributed by atoms with van der Waals surface area (Å²) in [6, 6.07) is 1.60. The van der Waals surface area contributed by atoms with E-state index in [1.165, 1.54) is 6.41 Å². The van der Waals surface area contributed by atoms with E-state index in [-0.39, 0.29) is 0 Å². The van der Waals surface area contributed by atoms with Crippen molar-refractivity contribution < 1.29 is 9.32 Å². The summed E-state index contributed by atoms with van der Waals surface area (Å²) in [7, 11) is 0. The van der Waals surface area contributed by atoms with E-state index in [0.717, 1.165) is 0 Å². The normalized spacial score (nSPS) is 9.00. The van der Waals surface area contributed by atoms with Crippen molar-refractivity contribution >= 4 is 12.2 Å². The molecular formula is C5H5N2O2. The first kappa shape index (κ1) is 5.81. The molecule has 0 aliphatic heterocycles. The van der Waals surface area contributed by atoms with E-state index in [2.05, 4.69) is 15.0 Å². The zero-order valence-electron chi connectivity index (χ0n) is 4.84. The topological polar surface area (TPSA) is 55.1 Å². The standard InChI is InChI=1S/C5H5N2O2/c1-4-2-5(6-3-8)7-9-4/h2H,1H3,(H,6,7,8). The molecule has 0 aliphatic rings. The summed E-state index contributed by atoms with van der Waals surface area (Å²) in [6.07, 6.45) is 1.47. The van der Waals surface area contributed by atoms with Gasteiger partial charge in [0.1, 0.15) is 5.76 Å². The molecule has 9 heavy (non-hydrogen) atoms. The Balaban J connectivity index is 2.72. The van der Waals surface area contributed by atoms with Gasteiger partial charge in [0.2, 0.25) is 0 Å². The largest absolute Gasteiger partial charge is 0.360 e. The van der Waals surface area contributed by atoms with Gasteiger partial charge >= 0.3 is 6.41 Å². The molecule has 0 unspecified atom stereocenters. The molecule has 1 aromatic rings. The van der Waals surface area contributed by atoms with Gasteiger partial charge < -0.3 is 4.52 Å². The molecule has 0 fully saturated rings. The highest BCUT2D eigenvalue weighted by Crippen LogP contribution is 2.04. The highest BCUT2D eigenvalue weighted by molar-refractivity contribution is 5.68. The van der Waals surface area contributed by atoms with E-state index in [1.54, 1.807) is 13.0 Å². The van der Waals surface area contributed by atoms with Crippen LogP contribution < -0.4 is 5.32 Å². The highest BCUT2D eigenvalue weighted by Gasteiger charge is 1.95. The monoisotopic (exact) mass is 125 g/mol. The predicted octanol–water partition coefficient (Wildman–Crippen LogP) is 0.462. The first-order chi connectivity index (χ1) is 4.33. The summed E-state index contributed by atoms with van der Waals surface area (Å²) < 4.78 is 4.63. The lowest BCUT2D eigenvalue weighted by Crippen LogP contribution is -1.91. The second-order valence-electron chi connectivity index (χ2n) is 1.55. The third-order valence-corrected chi connectivity index (χ3v) is 0.807. The fraction of sp³-hybridized carbons (Fsp3) is 0.200. The van der Waals surface area contributed by atoms with Gasteiger partial charge in [-0.05, 0) is 6.92 Å². The van der Waals surface area contributed by atoms with E-state index in [4.69, 9.17) is 0 Å². The van der Waals surface area contributed by atoms with Crippen LogP contribution in [0.4, 0.5) is 5.82 Å². The van der Waals surface area contributed by atoms with Gasteiger partial charge in [-0.3, -0.25) is 10.1 Å². The van der Waals surface area contributed by atoms with Gasteiger partial charge in [-0.25, -0.2) is 0 Å². The zero-order valence-corrected chi connectivity index (χ0v) is 4.84. The number of hydrogen-bond acceptors (Lipinski definition) is 3. The minimum atomic E-state index is 0.391. The minimum absolute atomic E-state index is 0.391. The first-order valence-electron chi connectivity index (χ1n) is 2.39. The average Bonchev–Trinajstić information content (AvgIpc) is 2.17. The smallest absolute Gasteiger partial charge is 0.315 e. The summed E-state index contributed by atoms with van der Waals surface area (Å²) in [5.41, 5.74) is 0. The Hall–Kier alpha value is -1.32. The third-order valence-electron chi connectivity index (χ3n) is 0.807. The molecule has 0 aromatic carbocycles. The number of carbonyl (C=O) groups excluding carboxylic acids is 1. The summed E-state index contributed by atoms with van der Waals surface area (Å²) in [4.78, 5) is 9.67. The number of aromatic nitrogens is 1. The van der Waals surface area contributed by atoms with Crippen molar-refractivity contribution in [2.45, 2.75) is 6.92 Å². The molecule has 0 aliphatic carbocycles. The Kier molecular flexibility index (Phi) is 1.48. The van der Waals surface area contributed by atoms with Crippen LogP contribution >= 0.6 is 0 Å².